The van der Waals surface area contributed by atoms with Gasteiger partial charge >= 0.3 is 0 Å². The molecule has 0 aromatic carbocycles. The van der Waals surface area contributed by atoms with Crippen LogP contribution in [0.1, 0.15) is 47.0 Å². The van der Waals surface area contributed by atoms with Crippen molar-refractivity contribution < 1.29 is 9.47 Å². The van der Waals surface area contributed by atoms with Gasteiger partial charge in [-0.1, -0.05) is 27.7 Å². The SMILES string of the molecule is COC(CC(C)C)CC(CC(C)C)OC. The quantitative estimate of drug-likeness (QED) is 0.618. The molecule has 0 saturated carbocycles. The first kappa shape index (κ1) is 14.9. The first-order valence-electron chi connectivity index (χ1n) is 6.05. The molecule has 0 fully saturated rings. The number of ether oxygens (including phenoxy) is 2. The van der Waals surface area contributed by atoms with Crippen molar-refractivity contribution >= 4 is 0 Å². The fraction of sp³-hybridized carbons (Fsp3) is 1.00. The van der Waals surface area contributed by atoms with Crippen LogP contribution in [-0.4, -0.2) is 26.4 Å². The maximum Gasteiger partial charge on any atom is 0.0598 e. The average molecular weight is 216 g/mol. The van der Waals surface area contributed by atoms with Crippen LogP contribution in [0.25, 0.3) is 0 Å². The summed E-state index contributed by atoms with van der Waals surface area (Å²) in [6, 6.07) is 0. The molecule has 2 unspecified atom stereocenters. The summed E-state index contributed by atoms with van der Waals surface area (Å²) in [5.41, 5.74) is 0. The van der Waals surface area contributed by atoms with Crippen LogP contribution in [0.4, 0.5) is 0 Å². The van der Waals surface area contributed by atoms with Gasteiger partial charge in [-0.2, -0.15) is 0 Å². The average Bonchev–Trinajstić information content (AvgIpc) is 2.14. The largest absolute Gasteiger partial charge is 0.381 e. The van der Waals surface area contributed by atoms with Crippen molar-refractivity contribution in [2.75, 3.05) is 14.2 Å². The monoisotopic (exact) mass is 216 g/mol. The van der Waals surface area contributed by atoms with E-state index in [0.717, 1.165) is 19.3 Å². The second kappa shape index (κ2) is 8.12. The normalized spacial score (nSPS) is 16.0. The zero-order chi connectivity index (χ0) is 11.8. The molecule has 0 spiro atoms. The van der Waals surface area contributed by atoms with Gasteiger partial charge in [0.1, 0.15) is 0 Å². The minimum atomic E-state index is 0.341. The molecular formula is C13H28O2. The Labute approximate surface area is 95.3 Å². The van der Waals surface area contributed by atoms with Crippen LogP contribution in [0, 0.1) is 11.8 Å². The Morgan fingerprint density at radius 1 is 0.667 bits per heavy atom. The summed E-state index contributed by atoms with van der Waals surface area (Å²) in [5, 5.41) is 0. The van der Waals surface area contributed by atoms with E-state index in [0.29, 0.717) is 24.0 Å². The maximum absolute atomic E-state index is 5.50. The molecule has 15 heavy (non-hydrogen) atoms. The minimum Gasteiger partial charge on any atom is -0.381 e. The summed E-state index contributed by atoms with van der Waals surface area (Å²) >= 11 is 0. The third kappa shape index (κ3) is 7.80. The molecule has 0 heterocycles. The van der Waals surface area contributed by atoms with Crippen molar-refractivity contribution in [1.29, 1.82) is 0 Å². The van der Waals surface area contributed by atoms with Crippen molar-refractivity contribution in [3.05, 3.63) is 0 Å². The zero-order valence-electron chi connectivity index (χ0n) is 11.2. The van der Waals surface area contributed by atoms with Gasteiger partial charge in [0.15, 0.2) is 0 Å². The summed E-state index contributed by atoms with van der Waals surface area (Å²) in [6.45, 7) is 8.93. The molecule has 0 aliphatic rings. The van der Waals surface area contributed by atoms with Crippen molar-refractivity contribution in [2.24, 2.45) is 11.8 Å². The smallest absolute Gasteiger partial charge is 0.0598 e. The van der Waals surface area contributed by atoms with Crippen molar-refractivity contribution in [1.82, 2.24) is 0 Å². The lowest BCUT2D eigenvalue weighted by atomic mass is 9.96. The molecule has 92 valence electrons. The highest BCUT2D eigenvalue weighted by molar-refractivity contribution is 4.69. The second-order valence-corrected chi connectivity index (χ2v) is 5.21. The Hall–Kier alpha value is -0.0800. The Morgan fingerprint density at radius 2 is 1.00 bits per heavy atom. The topological polar surface area (TPSA) is 18.5 Å². The molecule has 0 aliphatic heterocycles. The highest BCUT2D eigenvalue weighted by atomic mass is 16.5. The molecule has 0 saturated heterocycles. The van der Waals surface area contributed by atoms with Gasteiger partial charge in [-0.25, -0.2) is 0 Å². The van der Waals surface area contributed by atoms with Crippen LogP contribution in [0.15, 0.2) is 0 Å². The molecule has 0 bridgehead atoms. The summed E-state index contributed by atoms with van der Waals surface area (Å²) in [4.78, 5) is 0. The number of hydrogen-bond donors (Lipinski definition) is 0. The van der Waals surface area contributed by atoms with Crippen molar-refractivity contribution in [3.8, 4) is 0 Å². The van der Waals surface area contributed by atoms with E-state index < -0.39 is 0 Å². The lowest BCUT2D eigenvalue weighted by molar-refractivity contribution is 0.00565. The first-order chi connectivity index (χ1) is 6.99. The molecule has 2 nitrogen and oxygen atoms in total. The van der Waals surface area contributed by atoms with Crippen molar-refractivity contribution in [2.45, 2.75) is 59.2 Å². The van der Waals surface area contributed by atoms with E-state index in [-0.39, 0.29) is 0 Å². The Kier molecular flexibility index (Phi) is 8.07. The van der Waals surface area contributed by atoms with E-state index in [1.807, 2.05) is 0 Å². The van der Waals surface area contributed by atoms with E-state index in [1.165, 1.54) is 0 Å². The molecule has 2 atom stereocenters. The zero-order valence-corrected chi connectivity index (χ0v) is 11.2. The van der Waals surface area contributed by atoms with Crippen LogP contribution in [0.3, 0.4) is 0 Å². The second-order valence-electron chi connectivity index (χ2n) is 5.21. The predicted octanol–water partition coefficient (Wildman–Crippen LogP) is 3.50. The number of rotatable bonds is 8. The first-order valence-corrected chi connectivity index (χ1v) is 6.05. The van der Waals surface area contributed by atoms with Crippen LogP contribution < -0.4 is 0 Å². The van der Waals surface area contributed by atoms with E-state index >= 15 is 0 Å². The van der Waals surface area contributed by atoms with Gasteiger partial charge in [0.2, 0.25) is 0 Å². The van der Waals surface area contributed by atoms with Gasteiger partial charge in [0.05, 0.1) is 12.2 Å². The fourth-order valence-electron chi connectivity index (χ4n) is 1.92. The van der Waals surface area contributed by atoms with Gasteiger partial charge in [0, 0.05) is 14.2 Å². The third-order valence-corrected chi connectivity index (χ3v) is 2.66. The molecule has 0 aromatic heterocycles. The molecule has 0 amide bonds. The molecule has 0 N–H and O–H groups in total. The summed E-state index contributed by atoms with van der Waals surface area (Å²) in [7, 11) is 3.60. The number of hydrogen-bond acceptors (Lipinski definition) is 2. The molecule has 0 aromatic rings. The fourth-order valence-corrected chi connectivity index (χ4v) is 1.92. The summed E-state index contributed by atoms with van der Waals surface area (Å²) in [5.74, 6) is 1.37. The maximum atomic E-state index is 5.50. The lowest BCUT2D eigenvalue weighted by Crippen LogP contribution is -2.24. The van der Waals surface area contributed by atoms with Crippen LogP contribution in [-0.2, 0) is 9.47 Å². The Balaban J connectivity index is 3.99. The summed E-state index contributed by atoms with van der Waals surface area (Å²) < 4.78 is 11.0. The van der Waals surface area contributed by atoms with Crippen molar-refractivity contribution in [3.63, 3.8) is 0 Å². The van der Waals surface area contributed by atoms with Crippen LogP contribution in [0.2, 0.25) is 0 Å². The highest BCUT2D eigenvalue weighted by Gasteiger charge is 2.17. The number of methoxy groups -OCH3 is 2. The van der Waals surface area contributed by atoms with E-state index in [1.54, 1.807) is 14.2 Å². The molecule has 2 heteroatoms. The standard InChI is InChI=1S/C13H28O2/c1-10(2)7-12(14-5)9-13(15-6)8-11(3)4/h10-13H,7-9H2,1-6H3. The third-order valence-electron chi connectivity index (χ3n) is 2.66. The van der Waals surface area contributed by atoms with E-state index in [4.69, 9.17) is 9.47 Å². The van der Waals surface area contributed by atoms with Gasteiger partial charge in [-0.3, -0.25) is 0 Å². The van der Waals surface area contributed by atoms with Gasteiger partial charge in [-0.05, 0) is 31.1 Å². The van der Waals surface area contributed by atoms with Crippen LogP contribution in [0.5, 0.6) is 0 Å². The predicted molar refractivity (Wildman–Crippen MR) is 65.1 cm³/mol. The Bertz CT molecular complexity index is 127. The lowest BCUT2D eigenvalue weighted by Gasteiger charge is -2.24. The molecule has 0 rings (SSSR count). The van der Waals surface area contributed by atoms with E-state index in [9.17, 15) is 0 Å². The highest BCUT2D eigenvalue weighted by Crippen LogP contribution is 2.18. The molecular weight excluding hydrogens is 188 g/mol. The van der Waals surface area contributed by atoms with Crippen LogP contribution >= 0.6 is 0 Å². The van der Waals surface area contributed by atoms with E-state index in [2.05, 4.69) is 27.7 Å². The summed E-state index contributed by atoms with van der Waals surface area (Å²) in [6.07, 6.45) is 3.94. The molecule has 0 aliphatic carbocycles. The van der Waals surface area contributed by atoms with Gasteiger partial charge in [0.25, 0.3) is 0 Å². The van der Waals surface area contributed by atoms with Gasteiger partial charge < -0.3 is 9.47 Å². The Morgan fingerprint density at radius 3 is 1.20 bits per heavy atom. The van der Waals surface area contributed by atoms with Gasteiger partial charge in [-0.15, -0.1) is 0 Å². The minimum absolute atomic E-state index is 0.341. The molecule has 0 radical (unpaired) electrons.